The summed E-state index contributed by atoms with van der Waals surface area (Å²) in [6, 6.07) is 7.70. The van der Waals surface area contributed by atoms with Crippen LogP contribution in [-0.4, -0.2) is 11.5 Å². The highest BCUT2D eigenvalue weighted by Crippen LogP contribution is 2.58. The summed E-state index contributed by atoms with van der Waals surface area (Å²) in [5, 5.41) is 0. The Kier molecular flexibility index (Phi) is 3.90. The zero-order valence-corrected chi connectivity index (χ0v) is 12.2. The van der Waals surface area contributed by atoms with Crippen molar-refractivity contribution in [3.05, 3.63) is 35.4 Å². The van der Waals surface area contributed by atoms with Crippen molar-refractivity contribution in [3.8, 4) is 0 Å². The van der Waals surface area contributed by atoms with Crippen LogP contribution >= 0.6 is 20.5 Å². The molecule has 0 aliphatic carbocycles. The molecule has 0 aromatic heterocycles. The summed E-state index contributed by atoms with van der Waals surface area (Å²) in [7, 11) is -3.92. The molecule has 4 nitrogen and oxygen atoms in total. The molecule has 1 aliphatic rings. The molecule has 1 aliphatic heterocycles. The van der Waals surface area contributed by atoms with Crippen LogP contribution in [0.15, 0.2) is 24.3 Å². The summed E-state index contributed by atoms with van der Waals surface area (Å²) in [6.07, 6.45) is -0.448. The molecule has 100 valence electrons. The predicted molar refractivity (Wildman–Crippen MR) is 72.5 cm³/mol. The highest BCUT2D eigenvalue weighted by molar-refractivity contribution is 7.79. The van der Waals surface area contributed by atoms with Gasteiger partial charge in [-0.2, -0.15) is 12.6 Å². The number of phosphoric acid groups is 1. The van der Waals surface area contributed by atoms with E-state index in [1.165, 1.54) is 0 Å². The smallest absolute Gasteiger partial charge is 0.302 e. The van der Waals surface area contributed by atoms with Crippen LogP contribution in [0.4, 0.5) is 0 Å². The number of rotatable bonds is 2. The molecule has 2 rings (SSSR count). The molecule has 1 heterocycles. The fourth-order valence-corrected chi connectivity index (χ4v) is 3.38. The van der Waals surface area contributed by atoms with Crippen LogP contribution in [-0.2, 0) is 19.4 Å². The van der Waals surface area contributed by atoms with Crippen molar-refractivity contribution >= 4 is 20.5 Å². The highest BCUT2D eigenvalue weighted by Gasteiger charge is 2.44. The van der Waals surface area contributed by atoms with Crippen molar-refractivity contribution in [3.63, 3.8) is 0 Å². The van der Waals surface area contributed by atoms with E-state index < -0.39 is 13.9 Å². The predicted octanol–water partition coefficient (Wildman–Crippen LogP) is 3.33. The molecule has 1 aromatic carbocycles. The Morgan fingerprint density at radius 1 is 1.44 bits per heavy atom. The average Bonchev–Trinajstić information content (AvgIpc) is 2.33. The van der Waals surface area contributed by atoms with E-state index in [9.17, 15) is 9.46 Å². The van der Waals surface area contributed by atoms with Crippen LogP contribution in [0.2, 0.25) is 0 Å². The maximum absolute atomic E-state index is 11.5. The first kappa shape index (κ1) is 14.1. The second-order valence-electron chi connectivity index (χ2n) is 5.12. The largest absolute Gasteiger partial charge is 0.472 e. The maximum Gasteiger partial charge on any atom is 0.472 e. The minimum absolute atomic E-state index is 0.194. The van der Waals surface area contributed by atoms with Crippen LogP contribution < -0.4 is 0 Å². The monoisotopic (exact) mass is 288 g/mol. The van der Waals surface area contributed by atoms with Gasteiger partial charge in [0, 0.05) is 11.2 Å². The van der Waals surface area contributed by atoms with Gasteiger partial charge >= 0.3 is 7.82 Å². The zero-order chi connectivity index (χ0) is 13.4. The third kappa shape index (κ3) is 2.98. The molecular formula is C12H17O4PS. The second-order valence-corrected chi connectivity index (χ2v) is 6.84. The normalized spacial score (nSPS) is 31.2. The molecule has 1 saturated heterocycles. The maximum atomic E-state index is 11.5. The Hall–Kier alpha value is -0.320. The number of thiol groups is 1. The molecule has 0 bridgehead atoms. The molecule has 2 unspecified atom stereocenters. The molecule has 1 N–H and O–H groups in total. The number of hydrogen-bond donors (Lipinski definition) is 2. The topological polar surface area (TPSA) is 55.8 Å². The number of phosphoric ester groups is 1. The standard InChI is InChI=1S/C12H17O4PS/c1-12(2)8-15-17(13,14)16-11(12)10-5-3-9(7-18)4-6-10/h3-6,11,18H,7-8H2,1-2H3,(H,13,14). The first-order valence-electron chi connectivity index (χ1n) is 5.69. The lowest BCUT2D eigenvalue weighted by Gasteiger charge is -2.39. The van der Waals surface area contributed by atoms with E-state index >= 15 is 0 Å². The summed E-state index contributed by atoms with van der Waals surface area (Å²) in [5.74, 6) is 0.663. The van der Waals surface area contributed by atoms with Gasteiger partial charge in [0.25, 0.3) is 0 Å². The van der Waals surface area contributed by atoms with Crippen molar-refractivity contribution in [1.82, 2.24) is 0 Å². The van der Waals surface area contributed by atoms with Crippen molar-refractivity contribution < 1.29 is 18.5 Å². The van der Waals surface area contributed by atoms with Gasteiger partial charge in [-0.1, -0.05) is 38.1 Å². The average molecular weight is 288 g/mol. The van der Waals surface area contributed by atoms with Crippen LogP contribution in [0.3, 0.4) is 0 Å². The van der Waals surface area contributed by atoms with Gasteiger partial charge in [-0.05, 0) is 11.1 Å². The molecule has 2 atom stereocenters. The third-order valence-electron chi connectivity index (χ3n) is 3.01. The zero-order valence-electron chi connectivity index (χ0n) is 10.4. The van der Waals surface area contributed by atoms with Gasteiger partial charge in [0.15, 0.2) is 0 Å². The first-order chi connectivity index (χ1) is 8.34. The summed E-state index contributed by atoms with van der Waals surface area (Å²) in [6.45, 7) is 4.09. The van der Waals surface area contributed by atoms with E-state index in [2.05, 4.69) is 12.6 Å². The molecule has 6 heteroatoms. The third-order valence-corrected chi connectivity index (χ3v) is 4.31. The van der Waals surface area contributed by atoms with Crippen LogP contribution in [0.5, 0.6) is 0 Å². The SMILES string of the molecule is CC1(C)COP(=O)(O)OC1c1ccc(CS)cc1. The highest BCUT2D eigenvalue weighted by atomic mass is 32.1. The van der Waals surface area contributed by atoms with Gasteiger partial charge < -0.3 is 4.89 Å². The summed E-state index contributed by atoms with van der Waals surface area (Å²) < 4.78 is 21.6. The van der Waals surface area contributed by atoms with Gasteiger partial charge in [0.2, 0.25) is 0 Å². The van der Waals surface area contributed by atoms with E-state index in [4.69, 9.17) is 9.05 Å². The quantitative estimate of drug-likeness (QED) is 0.647. The van der Waals surface area contributed by atoms with Crippen LogP contribution in [0, 0.1) is 5.41 Å². The lowest BCUT2D eigenvalue weighted by molar-refractivity contribution is -0.0472. The molecule has 1 aromatic rings. The Labute approximate surface area is 112 Å². The van der Waals surface area contributed by atoms with Crippen LogP contribution in [0.1, 0.15) is 31.1 Å². The van der Waals surface area contributed by atoms with Crippen LogP contribution in [0.25, 0.3) is 0 Å². The van der Waals surface area contributed by atoms with E-state index in [-0.39, 0.29) is 12.0 Å². The van der Waals surface area contributed by atoms with Crippen molar-refractivity contribution in [1.29, 1.82) is 0 Å². The van der Waals surface area contributed by atoms with Crippen molar-refractivity contribution in [2.75, 3.05) is 6.61 Å². The Morgan fingerprint density at radius 3 is 2.61 bits per heavy atom. The summed E-state index contributed by atoms with van der Waals surface area (Å²) >= 11 is 4.20. The van der Waals surface area contributed by atoms with Gasteiger partial charge in [-0.3, -0.25) is 9.05 Å². The van der Waals surface area contributed by atoms with E-state index in [1.807, 2.05) is 38.1 Å². The lowest BCUT2D eigenvalue weighted by atomic mass is 9.83. The minimum Gasteiger partial charge on any atom is -0.302 e. The van der Waals surface area contributed by atoms with E-state index in [0.29, 0.717) is 5.75 Å². The molecule has 0 saturated carbocycles. The number of benzene rings is 1. The fraction of sp³-hybridized carbons (Fsp3) is 0.500. The summed E-state index contributed by atoms with van der Waals surface area (Å²) in [4.78, 5) is 9.44. The summed E-state index contributed by atoms with van der Waals surface area (Å²) in [5.41, 5.74) is 1.63. The van der Waals surface area contributed by atoms with Crippen molar-refractivity contribution in [2.45, 2.75) is 25.7 Å². The molecule has 18 heavy (non-hydrogen) atoms. The van der Waals surface area contributed by atoms with Gasteiger partial charge in [-0.25, -0.2) is 4.57 Å². The fourth-order valence-electron chi connectivity index (χ4n) is 1.94. The number of hydrogen-bond acceptors (Lipinski definition) is 4. The Balaban J connectivity index is 2.30. The Morgan fingerprint density at radius 2 is 2.06 bits per heavy atom. The lowest BCUT2D eigenvalue weighted by Crippen LogP contribution is -2.33. The molecule has 0 spiro atoms. The Bertz CT molecular complexity index is 471. The molecule has 0 amide bonds. The van der Waals surface area contributed by atoms with E-state index in [1.54, 1.807) is 0 Å². The minimum atomic E-state index is -3.92. The van der Waals surface area contributed by atoms with Gasteiger partial charge in [-0.15, -0.1) is 0 Å². The van der Waals surface area contributed by atoms with Crippen molar-refractivity contribution in [2.24, 2.45) is 5.41 Å². The molecule has 1 fully saturated rings. The molecule has 0 radical (unpaired) electrons. The second kappa shape index (κ2) is 4.99. The molecular weight excluding hydrogens is 271 g/mol. The van der Waals surface area contributed by atoms with E-state index in [0.717, 1.165) is 11.1 Å². The van der Waals surface area contributed by atoms with Gasteiger partial charge in [0.05, 0.1) is 6.61 Å². The van der Waals surface area contributed by atoms with Gasteiger partial charge in [0.1, 0.15) is 6.10 Å². The first-order valence-corrected chi connectivity index (χ1v) is 7.82.